The number of carbonyl (C=O) groups is 1. The zero-order valence-corrected chi connectivity index (χ0v) is 14.9. The lowest BCUT2D eigenvalue weighted by Crippen LogP contribution is -2.10. The van der Waals surface area contributed by atoms with E-state index in [1.54, 1.807) is 23.1 Å². The van der Waals surface area contributed by atoms with Crippen LogP contribution in [0.4, 0.5) is 0 Å². The van der Waals surface area contributed by atoms with Crippen molar-refractivity contribution < 1.29 is 14.6 Å². The molecule has 1 aromatic heterocycles. The normalized spacial score (nSPS) is 11.8. The Morgan fingerprint density at radius 2 is 2.04 bits per heavy atom. The van der Waals surface area contributed by atoms with E-state index in [2.05, 4.69) is 12.1 Å². The predicted molar refractivity (Wildman–Crippen MR) is 99.5 cm³/mol. The smallest absolute Gasteiger partial charge is 0.341 e. The molecule has 1 N–H and O–H groups in total. The van der Waals surface area contributed by atoms with Crippen LogP contribution in [0.15, 0.2) is 52.9 Å². The van der Waals surface area contributed by atoms with Crippen LogP contribution in [0.3, 0.4) is 0 Å². The molecule has 0 amide bonds. The Morgan fingerprint density at radius 1 is 1.20 bits per heavy atom. The van der Waals surface area contributed by atoms with Crippen molar-refractivity contribution in [3.63, 3.8) is 0 Å². The molecule has 1 aliphatic carbocycles. The van der Waals surface area contributed by atoms with Gasteiger partial charge in [0.25, 0.3) is 0 Å². The highest BCUT2D eigenvalue weighted by atomic mass is 32.2. The number of aromatic nitrogens is 1. The zero-order valence-electron chi connectivity index (χ0n) is 13.3. The summed E-state index contributed by atoms with van der Waals surface area (Å²) in [6.07, 6.45) is 0.754. The van der Waals surface area contributed by atoms with E-state index in [-0.39, 0.29) is 6.61 Å². The lowest BCUT2D eigenvalue weighted by Gasteiger charge is -2.08. The monoisotopic (exact) mass is 369 g/mol. The van der Waals surface area contributed by atoms with Gasteiger partial charge >= 0.3 is 5.97 Å². The summed E-state index contributed by atoms with van der Waals surface area (Å²) in [6.45, 7) is -0.324. The fourth-order valence-corrected chi connectivity index (χ4v) is 5.02. The maximum atomic E-state index is 10.7. The molecule has 0 unspecified atom stereocenters. The minimum absolute atomic E-state index is 0.324. The molecular formula is C19H15NO3S2. The van der Waals surface area contributed by atoms with Gasteiger partial charge in [0.05, 0.1) is 5.69 Å². The Bertz CT molecular complexity index is 922. The number of thioether (sulfide) groups is 1. The maximum absolute atomic E-state index is 10.7. The lowest BCUT2D eigenvalue weighted by atomic mass is 10.1. The van der Waals surface area contributed by atoms with Gasteiger partial charge in [-0.3, -0.25) is 0 Å². The third-order valence-corrected chi connectivity index (χ3v) is 6.23. The molecule has 0 spiro atoms. The van der Waals surface area contributed by atoms with E-state index in [1.807, 2.05) is 36.4 Å². The predicted octanol–water partition coefficient (Wildman–Crippen LogP) is 4.47. The third kappa shape index (κ3) is 3.41. The Balaban J connectivity index is 1.53. The van der Waals surface area contributed by atoms with Crippen LogP contribution in [0.5, 0.6) is 5.75 Å². The molecule has 1 aliphatic rings. The first kappa shape index (κ1) is 16.2. The minimum atomic E-state index is -0.969. The molecule has 3 aromatic rings. The molecular weight excluding hydrogens is 354 g/mol. The number of thiazole rings is 1. The van der Waals surface area contributed by atoms with Crippen LogP contribution in [0.25, 0.3) is 11.3 Å². The average Bonchev–Trinajstić information content (AvgIpc) is 3.17. The van der Waals surface area contributed by atoms with Crippen LogP contribution >= 0.6 is 23.1 Å². The van der Waals surface area contributed by atoms with E-state index in [1.165, 1.54) is 10.4 Å². The van der Waals surface area contributed by atoms with Crippen molar-refractivity contribution in [2.75, 3.05) is 6.61 Å². The molecule has 0 aliphatic heterocycles. The van der Waals surface area contributed by atoms with Crippen molar-refractivity contribution in [2.45, 2.75) is 16.5 Å². The summed E-state index contributed by atoms with van der Waals surface area (Å²) in [7, 11) is 0. The van der Waals surface area contributed by atoms with Crippen LogP contribution in [0, 0.1) is 0 Å². The Kier molecular flexibility index (Phi) is 4.46. The molecule has 2 aromatic carbocycles. The van der Waals surface area contributed by atoms with Crippen LogP contribution in [-0.2, 0) is 17.0 Å². The van der Waals surface area contributed by atoms with Gasteiger partial charge in [-0.1, -0.05) is 54.2 Å². The number of carboxylic acid groups (broad SMARTS) is 1. The first-order chi connectivity index (χ1) is 12.2. The van der Waals surface area contributed by atoms with E-state index in [4.69, 9.17) is 14.8 Å². The van der Waals surface area contributed by atoms with Crippen molar-refractivity contribution in [1.82, 2.24) is 4.98 Å². The molecule has 0 saturated heterocycles. The molecule has 6 heteroatoms. The fraction of sp³-hybridized carbons (Fsp3) is 0.158. The lowest BCUT2D eigenvalue weighted by molar-refractivity contribution is -0.139. The summed E-state index contributed by atoms with van der Waals surface area (Å²) in [5, 5.41) is 8.81. The molecule has 126 valence electrons. The summed E-state index contributed by atoms with van der Waals surface area (Å²) in [5.41, 5.74) is 4.39. The molecule has 4 nitrogen and oxygen atoms in total. The molecule has 0 bridgehead atoms. The number of nitrogens with zero attached hydrogens (tertiary/aromatic N) is 1. The largest absolute Gasteiger partial charge is 0.482 e. The molecule has 4 rings (SSSR count). The number of carboxylic acids is 1. The number of aliphatic carboxylic acids is 1. The number of rotatable bonds is 6. The van der Waals surface area contributed by atoms with Gasteiger partial charge in [-0.15, -0.1) is 11.3 Å². The maximum Gasteiger partial charge on any atom is 0.341 e. The highest BCUT2D eigenvalue weighted by molar-refractivity contribution is 8.00. The molecule has 0 saturated carbocycles. The van der Waals surface area contributed by atoms with Gasteiger partial charge in [0.1, 0.15) is 5.75 Å². The van der Waals surface area contributed by atoms with E-state index >= 15 is 0 Å². The summed E-state index contributed by atoms with van der Waals surface area (Å²) in [6, 6.07) is 16.1. The van der Waals surface area contributed by atoms with Crippen LogP contribution in [0.1, 0.15) is 16.0 Å². The van der Waals surface area contributed by atoms with E-state index < -0.39 is 5.97 Å². The Morgan fingerprint density at radius 3 is 2.84 bits per heavy atom. The first-order valence-corrected chi connectivity index (χ1v) is 9.64. The second kappa shape index (κ2) is 6.90. The second-order valence-corrected chi connectivity index (χ2v) is 7.97. The highest BCUT2D eigenvalue weighted by Crippen LogP contribution is 2.45. The van der Waals surface area contributed by atoms with Crippen molar-refractivity contribution in [2.24, 2.45) is 0 Å². The van der Waals surface area contributed by atoms with Crippen molar-refractivity contribution in [3.8, 4) is 17.0 Å². The van der Waals surface area contributed by atoms with Gasteiger partial charge in [0, 0.05) is 28.2 Å². The average molecular weight is 369 g/mol. The van der Waals surface area contributed by atoms with Crippen molar-refractivity contribution in [1.29, 1.82) is 0 Å². The molecule has 25 heavy (non-hydrogen) atoms. The van der Waals surface area contributed by atoms with Crippen LogP contribution < -0.4 is 4.74 Å². The fourth-order valence-electron chi connectivity index (χ4n) is 2.85. The summed E-state index contributed by atoms with van der Waals surface area (Å²) >= 11 is 3.46. The molecule has 0 radical (unpaired) electrons. The summed E-state index contributed by atoms with van der Waals surface area (Å²) < 4.78 is 6.48. The van der Waals surface area contributed by atoms with E-state index in [0.717, 1.165) is 33.3 Å². The zero-order chi connectivity index (χ0) is 17.2. The van der Waals surface area contributed by atoms with Gasteiger partial charge < -0.3 is 9.84 Å². The van der Waals surface area contributed by atoms with Crippen molar-refractivity contribution in [3.05, 3.63) is 64.5 Å². The minimum Gasteiger partial charge on any atom is -0.482 e. The van der Waals surface area contributed by atoms with Crippen LogP contribution in [-0.4, -0.2) is 22.7 Å². The van der Waals surface area contributed by atoms with Gasteiger partial charge in [-0.2, -0.15) is 0 Å². The topological polar surface area (TPSA) is 59.4 Å². The van der Waals surface area contributed by atoms with Gasteiger partial charge in [-0.25, -0.2) is 9.78 Å². The van der Waals surface area contributed by atoms with Gasteiger partial charge in [0.2, 0.25) is 0 Å². The van der Waals surface area contributed by atoms with E-state index in [0.29, 0.717) is 5.75 Å². The van der Waals surface area contributed by atoms with E-state index in [9.17, 15) is 4.79 Å². The number of hydrogen-bond donors (Lipinski definition) is 1. The van der Waals surface area contributed by atoms with Gasteiger partial charge in [0.15, 0.2) is 10.9 Å². The van der Waals surface area contributed by atoms with Crippen LogP contribution in [0.2, 0.25) is 0 Å². The summed E-state index contributed by atoms with van der Waals surface area (Å²) in [5.74, 6) is 0.577. The van der Waals surface area contributed by atoms with Gasteiger partial charge in [-0.05, 0) is 11.6 Å². The number of benzene rings is 2. The second-order valence-electron chi connectivity index (χ2n) is 5.67. The quantitative estimate of drug-likeness (QED) is 0.508. The standard InChI is InChI=1S/C19H15NO3S2/c21-17(22)10-23-15-8-4-7-13-14(15)9-16-18(13)20-19(25-16)24-11-12-5-2-1-3-6-12/h1-8H,9-11H2,(H,21,22). The molecule has 0 atom stereocenters. The summed E-state index contributed by atoms with van der Waals surface area (Å²) in [4.78, 5) is 16.7. The number of fused-ring (bicyclic) bond motifs is 3. The Labute approximate surface area is 153 Å². The Hall–Kier alpha value is -2.31. The highest BCUT2D eigenvalue weighted by Gasteiger charge is 2.26. The first-order valence-electron chi connectivity index (χ1n) is 7.84. The number of hydrogen-bond acceptors (Lipinski definition) is 5. The molecule has 1 heterocycles. The van der Waals surface area contributed by atoms with Crippen molar-refractivity contribution >= 4 is 29.1 Å². The number of ether oxygens (including phenoxy) is 1. The SMILES string of the molecule is O=C(O)COc1cccc2c1Cc1sc(SCc3ccccc3)nc1-2. The third-order valence-electron chi connectivity index (χ3n) is 3.96. The molecule has 0 fully saturated rings.